The van der Waals surface area contributed by atoms with Crippen LogP contribution in [-0.4, -0.2) is 28.5 Å². The highest BCUT2D eigenvalue weighted by atomic mass is 16.2. The molecule has 2 fully saturated rings. The van der Waals surface area contributed by atoms with Crippen LogP contribution in [0, 0.1) is 12.3 Å². The first kappa shape index (κ1) is 12.5. The molecule has 0 aromatic carbocycles. The number of carbonyl (C=O) groups is 1. The zero-order valence-corrected chi connectivity index (χ0v) is 11.3. The first-order chi connectivity index (χ1) is 9.11. The molecule has 1 saturated carbocycles. The summed E-state index contributed by atoms with van der Waals surface area (Å²) in [5, 5.41) is 0. The lowest BCUT2D eigenvalue weighted by Crippen LogP contribution is -2.42. The Morgan fingerprint density at radius 1 is 1.47 bits per heavy atom. The number of carbonyl (C=O) groups excluding carboxylic acids is 1. The number of anilines is 1. The van der Waals surface area contributed by atoms with Gasteiger partial charge in [-0.2, -0.15) is 0 Å². The number of nitrogens with two attached hydrogens (primary N) is 1. The van der Waals surface area contributed by atoms with Crippen LogP contribution in [0.2, 0.25) is 0 Å². The summed E-state index contributed by atoms with van der Waals surface area (Å²) in [4.78, 5) is 23.0. The summed E-state index contributed by atoms with van der Waals surface area (Å²) < 4.78 is 0. The third-order valence-electron chi connectivity index (χ3n) is 4.43. The van der Waals surface area contributed by atoms with E-state index in [1.165, 1.54) is 0 Å². The molecule has 3 rings (SSSR count). The van der Waals surface area contributed by atoms with Crippen molar-refractivity contribution >= 4 is 11.7 Å². The second-order valence-electron chi connectivity index (χ2n) is 5.81. The number of nitrogens with zero attached hydrogens (tertiary/aromatic N) is 3. The summed E-state index contributed by atoms with van der Waals surface area (Å²) in [5.41, 5.74) is 5.84. The van der Waals surface area contributed by atoms with Crippen LogP contribution in [0.3, 0.4) is 0 Å². The first-order valence-electron chi connectivity index (χ1n) is 6.98. The quantitative estimate of drug-likeness (QED) is 0.828. The van der Waals surface area contributed by atoms with E-state index in [-0.39, 0.29) is 17.4 Å². The van der Waals surface area contributed by atoms with Gasteiger partial charge in [-0.3, -0.25) is 9.69 Å². The maximum absolute atomic E-state index is 12.7. The minimum Gasteiger partial charge on any atom is -0.328 e. The van der Waals surface area contributed by atoms with Crippen molar-refractivity contribution in [1.29, 1.82) is 0 Å². The fraction of sp³-hybridized carbons (Fsp3) is 0.643. The van der Waals surface area contributed by atoms with E-state index in [1.807, 2.05) is 17.9 Å². The molecule has 102 valence electrons. The molecule has 1 aliphatic carbocycles. The molecule has 2 heterocycles. The second-order valence-corrected chi connectivity index (χ2v) is 5.81. The van der Waals surface area contributed by atoms with Gasteiger partial charge in [0.05, 0.1) is 5.41 Å². The van der Waals surface area contributed by atoms with Crippen LogP contribution in [0.5, 0.6) is 0 Å². The minimum absolute atomic E-state index is 0.171. The summed E-state index contributed by atoms with van der Waals surface area (Å²) in [6.07, 6.45) is 6.52. The second kappa shape index (κ2) is 4.56. The molecule has 1 spiro atoms. The lowest BCUT2D eigenvalue weighted by molar-refractivity contribution is -0.127. The molecule has 0 bridgehead atoms. The van der Waals surface area contributed by atoms with Crippen molar-refractivity contribution < 1.29 is 4.79 Å². The van der Waals surface area contributed by atoms with Gasteiger partial charge in [0.25, 0.3) is 0 Å². The van der Waals surface area contributed by atoms with Crippen LogP contribution in [0.15, 0.2) is 12.3 Å². The fourth-order valence-electron chi connectivity index (χ4n) is 3.46. The van der Waals surface area contributed by atoms with E-state index in [2.05, 4.69) is 9.97 Å². The van der Waals surface area contributed by atoms with Gasteiger partial charge in [0.1, 0.15) is 11.6 Å². The molecule has 2 N–H and O–H groups in total. The highest BCUT2D eigenvalue weighted by Crippen LogP contribution is 2.45. The lowest BCUT2D eigenvalue weighted by atomic mass is 9.71. The summed E-state index contributed by atoms with van der Waals surface area (Å²) in [6, 6.07) is 1.98. The molecule has 5 heteroatoms. The van der Waals surface area contributed by atoms with E-state index >= 15 is 0 Å². The molecule has 1 amide bonds. The number of hydrogen-bond acceptors (Lipinski definition) is 4. The fourth-order valence-corrected chi connectivity index (χ4v) is 3.46. The van der Waals surface area contributed by atoms with Crippen molar-refractivity contribution in [2.24, 2.45) is 11.1 Å². The van der Waals surface area contributed by atoms with Crippen LogP contribution in [-0.2, 0) is 4.79 Å². The average Bonchev–Trinajstić information content (AvgIpc) is 2.67. The predicted octanol–water partition coefficient (Wildman–Crippen LogP) is 1.41. The summed E-state index contributed by atoms with van der Waals surface area (Å²) in [6.45, 7) is 2.60. The van der Waals surface area contributed by atoms with Crippen molar-refractivity contribution in [3.05, 3.63) is 18.1 Å². The van der Waals surface area contributed by atoms with Gasteiger partial charge in [0, 0.05) is 18.8 Å². The molecule has 2 aliphatic rings. The van der Waals surface area contributed by atoms with E-state index < -0.39 is 0 Å². The highest BCUT2D eigenvalue weighted by Gasteiger charge is 2.49. The van der Waals surface area contributed by atoms with Crippen LogP contribution < -0.4 is 10.6 Å². The molecule has 1 aliphatic heterocycles. The van der Waals surface area contributed by atoms with Gasteiger partial charge in [-0.25, -0.2) is 9.97 Å². The molecule has 19 heavy (non-hydrogen) atoms. The van der Waals surface area contributed by atoms with Gasteiger partial charge in [-0.15, -0.1) is 0 Å². The third kappa shape index (κ3) is 2.12. The van der Waals surface area contributed by atoms with E-state index in [9.17, 15) is 4.79 Å². The highest BCUT2D eigenvalue weighted by molar-refractivity contribution is 5.99. The Bertz CT molecular complexity index is 504. The van der Waals surface area contributed by atoms with Crippen molar-refractivity contribution in [2.45, 2.75) is 45.1 Å². The van der Waals surface area contributed by atoms with E-state index in [4.69, 9.17) is 5.73 Å². The average molecular weight is 260 g/mol. The van der Waals surface area contributed by atoms with Gasteiger partial charge in [-0.05, 0) is 38.7 Å². The van der Waals surface area contributed by atoms with Crippen LogP contribution >= 0.6 is 0 Å². The SMILES string of the molecule is Cc1nccc(N2CCC3(CCCC(N)C3)C2=O)n1. The Labute approximate surface area is 113 Å². The topological polar surface area (TPSA) is 72.1 Å². The van der Waals surface area contributed by atoms with Gasteiger partial charge in [-0.1, -0.05) is 6.42 Å². The number of hydrogen-bond donors (Lipinski definition) is 1. The molecular formula is C14H20N4O. The molecule has 5 nitrogen and oxygen atoms in total. The number of aromatic nitrogens is 2. The summed E-state index contributed by atoms with van der Waals surface area (Å²) >= 11 is 0. The molecule has 2 atom stereocenters. The third-order valence-corrected chi connectivity index (χ3v) is 4.43. The Morgan fingerprint density at radius 2 is 2.32 bits per heavy atom. The van der Waals surface area contributed by atoms with E-state index in [1.54, 1.807) is 6.20 Å². The zero-order chi connectivity index (χ0) is 13.5. The predicted molar refractivity (Wildman–Crippen MR) is 72.6 cm³/mol. The molecule has 1 saturated heterocycles. The standard InChI is InChI=1S/C14H20N4O/c1-10-16-7-4-12(17-10)18-8-6-14(13(18)19)5-2-3-11(15)9-14/h4,7,11H,2-3,5-6,8-9,15H2,1H3. The normalized spacial score (nSPS) is 31.2. The maximum Gasteiger partial charge on any atom is 0.234 e. The molecular weight excluding hydrogens is 240 g/mol. The molecule has 2 unspecified atom stereocenters. The van der Waals surface area contributed by atoms with Gasteiger partial charge in [0.15, 0.2) is 0 Å². The number of amides is 1. The van der Waals surface area contributed by atoms with Gasteiger partial charge < -0.3 is 5.73 Å². The molecule has 1 aromatic heterocycles. The summed E-state index contributed by atoms with van der Waals surface area (Å²) in [7, 11) is 0. The van der Waals surface area contributed by atoms with E-state index in [0.717, 1.165) is 44.5 Å². The Kier molecular flexibility index (Phi) is 3.01. The number of aryl methyl sites for hydroxylation is 1. The largest absolute Gasteiger partial charge is 0.328 e. The summed E-state index contributed by atoms with van der Waals surface area (Å²) in [5.74, 6) is 1.64. The van der Waals surface area contributed by atoms with Crippen LogP contribution in [0.25, 0.3) is 0 Å². The monoisotopic (exact) mass is 260 g/mol. The minimum atomic E-state index is -0.226. The Morgan fingerprint density at radius 3 is 3.05 bits per heavy atom. The van der Waals surface area contributed by atoms with E-state index in [0.29, 0.717) is 5.82 Å². The Balaban J connectivity index is 1.86. The van der Waals surface area contributed by atoms with Gasteiger partial charge >= 0.3 is 0 Å². The lowest BCUT2D eigenvalue weighted by Gasteiger charge is -2.34. The van der Waals surface area contributed by atoms with Crippen LogP contribution in [0.1, 0.15) is 37.9 Å². The van der Waals surface area contributed by atoms with Crippen molar-refractivity contribution in [3.8, 4) is 0 Å². The zero-order valence-electron chi connectivity index (χ0n) is 11.3. The van der Waals surface area contributed by atoms with Crippen LogP contribution in [0.4, 0.5) is 5.82 Å². The van der Waals surface area contributed by atoms with Gasteiger partial charge in [0.2, 0.25) is 5.91 Å². The molecule has 1 aromatic rings. The molecule has 0 radical (unpaired) electrons. The first-order valence-corrected chi connectivity index (χ1v) is 6.98. The smallest absolute Gasteiger partial charge is 0.234 e. The van der Waals surface area contributed by atoms with Crippen molar-refractivity contribution in [3.63, 3.8) is 0 Å². The number of rotatable bonds is 1. The Hall–Kier alpha value is -1.49. The maximum atomic E-state index is 12.7. The van der Waals surface area contributed by atoms with Crippen molar-refractivity contribution in [1.82, 2.24) is 9.97 Å². The van der Waals surface area contributed by atoms with Crippen molar-refractivity contribution in [2.75, 3.05) is 11.4 Å².